The summed E-state index contributed by atoms with van der Waals surface area (Å²) in [4.78, 5) is 4.95. The molecule has 1 saturated heterocycles. The number of hydrogen-bond donors (Lipinski definition) is 2. The fourth-order valence-electron chi connectivity index (χ4n) is 5.59. The molecule has 1 aromatic rings. The summed E-state index contributed by atoms with van der Waals surface area (Å²) in [5.74, 6) is 2.39. The second kappa shape index (κ2) is 5.31. The van der Waals surface area contributed by atoms with Gasteiger partial charge in [-0.3, -0.25) is 4.98 Å². The van der Waals surface area contributed by atoms with Gasteiger partial charge in [0.05, 0.1) is 6.10 Å². The molecule has 0 radical (unpaired) electrons. The SMILES string of the molecule is CC(O)Cc1ccc2c(n1)CC1CC(C)CC23NCCCC13. The molecule has 120 valence electrons. The summed E-state index contributed by atoms with van der Waals surface area (Å²) in [5, 5.41) is 13.6. The molecule has 1 saturated carbocycles. The standard InChI is InChI=1S/C19H28N2O/c1-12-8-14-10-18-17(6-5-15(21-18)9-13(2)22)19(11-12)16(14)4-3-7-20-19/h5-6,12-14,16,20,22H,3-4,7-11H2,1-2H3. The second-order valence-electron chi connectivity index (χ2n) is 8.01. The lowest BCUT2D eigenvalue weighted by molar-refractivity contribution is 0.00795. The lowest BCUT2D eigenvalue weighted by Gasteiger charge is -2.57. The van der Waals surface area contributed by atoms with Crippen molar-refractivity contribution < 1.29 is 5.11 Å². The van der Waals surface area contributed by atoms with Crippen molar-refractivity contribution in [2.45, 2.75) is 64.0 Å². The lowest BCUT2D eigenvalue weighted by atomic mass is 9.54. The van der Waals surface area contributed by atoms with Crippen LogP contribution in [0.25, 0.3) is 0 Å². The summed E-state index contributed by atoms with van der Waals surface area (Å²) >= 11 is 0. The number of piperidine rings is 1. The molecular formula is C19H28N2O. The van der Waals surface area contributed by atoms with Gasteiger partial charge in [-0.25, -0.2) is 0 Å². The van der Waals surface area contributed by atoms with Crippen LogP contribution in [-0.4, -0.2) is 22.7 Å². The van der Waals surface area contributed by atoms with Crippen molar-refractivity contribution in [1.29, 1.82) is 0 Å². The zero-order chi connectivity index (χ0) is 15.3. The van der Waals surface area contributed by atoms with Crippen molar-refractivity contribution in [2.24, 2.45) is 17.8 Å². The number of rotatable bonds is 2. The van der Waals surface area contributed by atoms with Gasteiger partial charge in [-0.15, -0.1) is 0 Å². The minimum Gasteiger partial charge on any atom is -0.393 e. The molecule has 2 fully saturated rings. The number of aliphatic hydroxyl groups is 1. The van der Waals surface area contributed by atoms with Crippen LogP contribution in [0.4, 0.5) is 0 Å². The molecular weight excluding hydrogens is 272 g/mol. The largest absolute Gasteiger partial charge is 0.393 e. The van der Waals surface area contributed by atoms with E-state index < -0.39 is 0 Å². The van der Waals surface area contributed by atoms with Crippen molar-refractivity contribution >= 4 is 0 Å². The summed E-state index contributed by atoms with van der Waals surface area (Å²) in [6.07, 6.45) is 6.81. The average Bonchev–Trinajstić information content (AvgIpc) is 2.45. The molecule has 3 nitrogen and oxygen atoms in total. The van der Waals surface area contributed by atoms with Crippen molar-refractivity contribution in [1.82, 2.24) is 10.3 Å². The minimum absolute atomic E-state index is 0.185. The van der Waals surface area contributed by atoms with Crippen LogP contribution in [0.2, 0.25) is 0 Å². The van der Waals surface area contributed by atoms with Crippen molar-refractivity contribution in [3.8, 4) is 0 Å². The van der Waals surface area contributed by atoms with E-state index in [-0.39, 0.29) is 11.6 Å². The molecule has 2 bridgehead atoms. The fraction of sp³-hybridized carbons (Fsp3) is 0.737. The molecule has 1 aromatic heterocycles. The van der Waals surface area contributed by atoms with Crippen LogP contribution in [0.5, 0.6) is 0 Å². The van der Waals surface area contributed by atoms with Gasteiger partial charge in [-0.05, 0) is 75.0 Å². The molecule has 0 amide bonds. The van der Waals surface area contributed by atoms with Crippen molar-refractivity contribution in [2.75, 3.05) is 6.54 Å². The molecule has 2 heterocycles. The van der Waals surface area contributed by atoms with E-state index in [4.69, 9.17) is 4.98 Å². The lowest BCUT2D eigenvalue weighted by Crippen LogP contribution is -2.60. The molecule has 3 heteroatoms. The highest BCUT2D eigenvalue weighted by atomic mass is 16.3. The van der Waals surface area contributed by atoms with Gasteiger partial charge in [0, 0.05) is 23.3 Å². The van der Waals surface area contributed by atoms with Crippen LogP contribution in [0.15, 0.2) is 12.1 Å². The fourth-order valence-corrected chi connectivity index (χ4v) is 5.59. The Labute approximate surface area is 133 Å². The van der Waals surface area contributed by atoms with Crippen molar-refractivity contribution in [3.63, 3.8) is 0 Å². The Bertz CT molecular complexity index is 571. The van der Waals surface area contributed by atoms with E-state index in [2.05, 4.69) is 24.4 Å². The number of nitrogens with zero attached hydrogens (tertiary/aromatic N) is 1. The first-order valence-corrected chi connectivity index (χ1v) is 9.01. The van der Waals surface area contributed by atoms with Crippen LogP contribution in [0.1, 0.15) is 56.5 Å². The van der Waals surface area contributed by atoms with Gasteiger partial charge in [0.2, 0.25) is 0 Å². The van der Waals surface area contributed by atoms with E-state index in [1.54, 1.807) is 0 Å². The van der Waals surface area contributed by atoms with Crippen LogP contribution in [0.3, 0.4) is 0 Å². The average molecular weight is 300 g/mol. The summed E-state index contributed by atoms with van der Waals surface area (Å²) in [6.45, 7) is 5.40. The maximum absolute atomic E-state index is 9.64. The van der Waals surface area contributed by atoms with E-state index in [1.165, 1.54) is 36.9 Å². The Balaban J connectivity index is 1.77. The Morgan fingerprint density at radius 2 is 2.32 bits per heavy atom. The number of fused-ring (bicyclic) bond motifs is 1. The number of nitrogens with one attached hydrogen (secondary N) is 1. The predicted molar refractivity (Wildman–Crippen MR) is 87.6 cm³/mol. The summed E-state index contributed by atoms with van der Waals surface area (Å²) < 4.78 is 0. The van der Waals surface area contributed by atoms with E-state index in [1.807, 2.05) is 6.92 Å². The van der Waals surface area contributed by atoms with Gasteiger partial charge in [-0.2, -0.15) is 0 Å². The number of hydrogen-bond acceptors (Lipinski definition) is 3. The van der Waals surface area contributed by atoms with Gasteiger partial charge in [0.15, 0.2) is 0 Å². The van der Waals surface area contributed by atoms with Crippen LogP contribution >= 0.6 is 0 Å². The Hall–Kier alpha value is -0.930. The molecule has 3 aliphatic rings. The van der Waals surface area contributed by atoms with Crippen molar-refractivity contribution in [3.05, 3.63) is 29.1 Å². The van der Waals surface area contributed by atoms with E-state index >= 15 is 0 Å². The Kier molecular flexibility index (Phi) is 3.54. The normalized spacial score (nSPS) is 38.0. The highest BCUT2D eigenvalue weighted by Gasteiger charge is 2.53. The van der Waals surface area contributed by atoms with E-state index in [0.717, 1.165) is 36.4 Å². The molecule has 2 N–H and O–H groups in total. The quantitative estimate of drug-likeness (QED) is 0.883. The van der Waals surface area contributed by atoms with Crippen LogP contribution in [-0.2, 0) is 18.4 Å². The summed E-state index contributed by atoms with van der Waals surface area (Å²) in [6, 6.07) is 4.47. The number of aliphatic hydroxyl groups excluding tert-OH is 1. The van der Waals surface area contributed by atoms with Gasteiger partial charge in [-0.1, -0.05) is 13.0 Å². The second-order valence-corrected chi connectivity index (χ2v) is 8.01. The third-order valence-corrected chi connectivity index (χ3v) is 6.18. The topological polar surface area (TPSA) is 45.2 Å². The van der Waals surface area contributed by atoms with Gasteiger partial charge < -0.3 is 10.4 Å². The monoisotopic (exact) mass is 300 g/mol. The molecule has 5 atom stereocenters. The van der Waals surface area contributed by atoms with E-state index in [9.17, 15) is 5.11 Å². The minimum atomic E-state index is -0.313. The molecule has 5 unspecified atom stereocenters. The third kappa shape index (κ3) is 2.21. The first-order chi connectivity index (χ1) is 10.6. The first kappa shape index (κ1) is 14.6. The smallest absolute Gasteiger partial charge is 0.0567 e. The predicted octanol–water partition coefficient (Wildman–Crippen LogP) is 2.80. The summed E-state index contributed by atoms with van der Waals surface area (Å²) in [7, 11) is 0. The summed E-state index contributed by atoms with van der Waals surface area (Å²) in [5.41, 5.74) is 4.01. The number of pyridine rings is 1. The van der Waals surface area contributed by atoms with Crippen LogP contribution < -0.4 is 5.32 Å². The molecule has 0 spiro atoms. The first-order valence-electron chi connectivity index (χ1n) is 9.01. The molecule has 4 rings (SSSR count). The molecule has 22 heavy (non-hydrogen) atoms. The number of aromatic nitrogens is 1. The highest BCUT2D eigenvalue weighted by molar-refractivity contribution is 5.37. The highest BCUT2D eigenvalue weighted by Crippen LogP contribution is 2.55. The zero-order valence-corrected chi connectivity index (χ0v) is 13.8. The van der Waals surface area contributed by atoms with Gasteiger partial charge in [0.1, 0.15) is 0 Å². The molecule has 2 aliphatic carbocycles. The Morgan fingerprint density at radius 1 is 1.45 bits per heavy atom. The van der Waals surface area contributed by atoms with E-state index in [0.29, 0.717) is 6.42 Å². The zero-order valence-electron chi connectivity index (χ0n) is 13.8. The maximum atomic E-state index is 9.64. The van der Waals surface area contributed by atoms with Crippen LogP contribution in [0, 0.1) is 17.8 Å². The van der Waals surface area contributed by atoms with Gasteiger partial charge in [0.25, 0.3) is 0 Å². The molecule has 0 aromatic carbocycles. The van der Waals surface area contributed by atoms with Gasteiger partial charge >= 0.3 is 0 Å². The Morgan fingerprint density at radius 3 is 3.14 bits per heavy atom. The third-order valence-electron chi connectivity index (χ3n) is 6.18. The maximum Gasteiger partial charge on any atom is 0.0567 e. The molecule has 1 aliphatic heterocycles.